The van der Waals surface area contributed by atoms with Gasteiger partial charge in [0, 0.05) is 6.04 Å². The molecule has 2 N–H and O–H groups in total. The van der Waals surface area contributed by atoms with Gasteiger partial charge in [-0.15, -0.1) is 0 Å². The zero-order valence-electron chi connectivity index (χ0n) is 13.0. The van der Waals surface area contributed by atoms with Gasteiger partial charge in [0.25, 0.3) is 5.91 Å². The molecule has 0 radical (unpaired) electrons. The lowest BCUT2D eigenvalue weighted by Crippen LogP contribution is -2.37. The lowest BCUT2D eigenvalue weighted by molar-refractivity contribution is -0.148. The van der Waals surface area contributed by atoms with Crippen LogP contribution < -0.4 is 10.6 Å². The minimum Gasteiger partial charge on any atom is -0.454 e. The Labute approximate surface area is 135 Å². The van der Waals surface area contributed by atoms with Crippen LogP contribution in [-0.4, -0.2) is 37.0 Å². The van der Waals surface area contributed by atoms with Crippen LogP contribution in [0.5, 0.6) is 0 Å². The van der Waals surface area contributed by atoms with Crippen molar-refractivity contribution in [2.24, 2.45) is 0 Å². The number of carbonyl (C=O) groups is 3. The van der Waals surface area contributed by atoms with E-state index in [4.69, 9.17) is 4.74 Å². The normalized spacial score (nSPS) is 14.3. The first-order chi connectivity index (χ1) is 11.1. The molecule has 1 aromatic carbocycles. The molecule has 0 saturated heterocycles. The van der Waals surface area contributed by atoms with Crippen LogP contribution >= 0.6 is 0 Å². The highest BCUT2D eigenvalue weighted by molar-refractivity contribution is 5.85. The van der Waals surface area contributed by atoms with Gasteiger partial charge in [-0.25, -0.2) is 0 Å². The summed E-state index contributed by atoms with van der Waals surface area (Å²) in [5, 5.41) is 5.31. The number of hydrogen-bond acceptors (Lipinski definition) is 4. The first-order valence-electron chi connectivity index (χ1n) is 7.89. The summed E-state index contributed by atoms with van der Waals surface area (Å²) in [5.74, 6) is -1.17. The maximum Gasteiger partial charge on any atom is 0.325 e. The Morgan fingerprint density at radius 1 is 1.04 bits per heavy atom. The second-order valence-electron chi connectivity index (χ2n) is 5.65. The minimum atomic E-state index is -0.618. The molecule has 1 aromatic rings. The highest BCUT2D eigenvalue weighted by atomic mass is 16.5. The molecule has 0 bridgehead atoms. The molecule has 23 heavy (non-hydrogen) atoms. The first kappa shape index (κ1) is 17.0. The molecule has 1 aliphatic rings. The van der Waals surface area contributed by atoms with E-state index in [0.717, 1.165) is 31.2 Å². The maximum atomic E-state index is 11.7. The predicted molar refractivity (Wildman–Crippen MR) is 84.5 cm³/mol. The SMILES string of the molecule is O=C(Cc1ccccc1)NCC(=O)OCC(=O)NC1CCCC1. The molecule has 0 unspecified atom stereocenters. The van der Waals surface area contributed by atoms with E-state index in [1.807, 2.05) is 30.3 Å². The van der Waals surface area contributed by atoms with Gasteiger partial charge in [-0.1, -0.05) is 43.2 Å². The molecule has 1 aliphatic carbocycles. The number of carbonyl (C=O) groups excluding carboxylic acids is 3. The van der Waals surface area contributed by atoms with Crippen LogP contribution in [0.25, 0.3) is 0 Å². The van der Waals surface area contributed by atoms with Gasteiger partial charge in [-0.3, -0.25) is 14.4 Å². The fraction of sp³-hybridized carbons (Fsp3) is 0.471. The number of esters is 1. The fourth-order valence-corrected chi connectivity index (χ4v) is 2.55. The number of hydrogen-bond donors (Lipinski definition) is 2. The van der Waals surface area contributed by atoms with E-state index in [2.05, 4.69) is 10.6 Å². The summed E-state index contributed by atoms with van der Waals surface area (Å²) in [7, 11) is 0. The molecule has 124 valence electrons. The van der Waals surface area contributed by atoms with Crippen molar-refractivity contribution in [3.63, 3.8) is 0 Å². The van der Waals surface area contributed by atoms with Gasteiger partial charge >= 0.3 is 5.97 Å². The van der Waals surface area contributed by atoms with Crippen LogP contribution in [0.1, 0.15) is 31.2 Å². The Morgan fingerprint density at radius 2 is 1.74 bits per heavy atom. The third-order valence-electron chi connectivity index (χ3n) is 3.72. The summed E-state index contributed by atoms with van der Waals surface area (Å²) < 4.78 is 4.85. The van der Waals surface area contributed by atoms with Crippen molar-refractivity contribution in [3.05, 3.63) is 35.9 Å². The van der Waals surface area contributed by atoms with E-state index >= 15 is 0 Å². The average Bonchev–Trinajstić information content (AvgIpc) is 3.05. The summed E-state index contributed by atoms with van der Waals surface area (Å²) in [5.41, 5.74) is 0.870. The summed E-state index contributed by atoms with van der Waals surface area (Å²) in [6.45, 7) is -0.535. The standard InChI is InChI=1S/C17H22N2O4/c20-15(10-13-6-2-1-3-7-13)18-11-17(22)23-12-16(21)19-14-8-4-5-9-14/h1-3,6-7,14H,4-5,8-12H2,(H,18,20)(H,19,21). The van der Waals surface area contributed by atoms with Crippen molar-refractivity contribution in [2.45, 2.75) is 38.1 Å². The van der Waals surface area contributed by atoms with Gasteiger partial charge in [0.05, 0.1) is 6.42 Å². The third-order valence-corrected chi connectivity index (χ3v) is 3.72. The molecule has 1 fully saturated rings. The summed E-state index contributed by atoms with van der Waals surface area (Å²) >= 11 is 0. The lowest BCUT2D eigenvalue weighted by atomic mass is 10.1. The van der Waals surface area contributed by atoms with Crippen molar-refractivity contribution < 1.29 is 19.1 Å². The molecule has 6 heteroatoms. The third kappa shape index (κ3) is 6.50. The molecule has 2 rings (SSSR count). The van der Waals surface area contributed by atoms with Crippen molar-refractivity contribution in [1.29, 1.82) is 0 Å². The van der Waals surface area contributed by atoms with E-state index < -0.39 is 5.97 Å². The first-order valence-corrected chi connectivity index (χ1v) is 7.89. The lowest BCUT2D eigenvalue weighted by Gasteiger charge is -2.12. The van der Waals surface area contributed by atoms with Crippen molar-refractivity contribution in [1.82, 2.24) is 10.6 Å². The van der Waals surface area contributed by atoms with E-state index in [9.17, 15) is 14.4 Å². The van der Waals surface area contributed by atoms with Crippen LogP contribution in [0.4, 0.5) is 0 Å². The number of rotatable bonds is 7. The van der Waals surface area contributed by atoms with E-state index in [1.165, 1.54) is 0 Å². The molecule has 2 amide bonds. The van der Waals surface area contributed by atoms with E-state index in [0.29, 0.717) is 0 Å². The predicted octanol–water partition coefficient (Wildman–Crippen LogP) is 0.947. The van der Waals surface area contributed by atoms with Gasteiger partial charge in [-0.2, -0.15) is 0 Å². The molecule has 0 heterocycles. The quantitative estimate of drug-likeness (QED) is 0.733. The van der Waals surface area contributed by atoms with Crippen molar-refractivity contribution >= 4 is 17.8 Å². The van der Waals surface area contributed by atoms with E-state index in [1.54, 1.807) is 0 Å². The second kappa shape index (κ2) is 8.92. The van der Waals surface area contributed by atoms with Gasteiger partial charge in [0.15, 0.2) is 6.61 Å². The van der Waals surface area contributed by atoms with Gasteiger partial charge in [-0.05, 0) is 18.4 Å². The number of benzene rings is 1. The summed E-state index contributed by atoms with van der Waals surface area (Å²) in [4.78, 5) is 34.8. The fourth-order valence-electron chi connectivity index (χ4n) is 2.55. The number of amides is 2. The molecule has 6 nitrogen and oxygen atoms in total. The van der Waals surface area contributed by atoms with Crippen LogP contribution in [0, 0.1) is 0 Å². The largest absolute Gasteiger partial charge is 0.454 e. The zero-order chi connectivity index (χ0) is 16.5. The molecular weight excluding hydrogens is 296 g/mol. The Balaban J connectivity index is 1.59. The Kier molecular flexibility index (Phi) is 6.59. The van der Waals surface area contributed by atoms with Gasteiger partial charge in [0.1, 0.15) is 6.54 Å². The van der Waals surface area contributed by atoms with Crippen LogP contribution in [0.2, 0.25) is 0 Å². The second-order valence-corrected chi connectivity index (χ2v) is 5.65. The minimum absolute atomic E-state index is 0.201. The number of nitrogens with one attached hydrogen (secondary N) is 2. The molecule has 0 aromatic heterocycles. The Hall–Kier alpha value is -2.37. The summed E-state index contributed by atoms with van der Waals surface area (Å²) in [6, 6.07) is 9.44. The van der Waals surface area contributed by atoms with E-state index in [-0.39, 0.29) is 37.4 Å². The molecule has 0 atom stereocenters. The highest BCUT2D eigenvalue weighted by Crippen LogP contribution is 2.17. The maximum absolute atomic E-state index is 11.7. The average molecular weight is 318 g/mol. The molecular formula is C17H22N2O4. The molecule has 1 saturated carbocycles. The van der Waals surface area contributed by atoms with Gasteiger partial charge in [0.2, 0.25) is 5.91 Å². The van der Waals surface area contributed by atoms with Crippen LogP contribution in [0.3, 0.4) is 0 Å². The highest BCUT2D eigenvalue weighted by Gasteiger charge is 2.17. The van der Waals surface area contributed by atoms with Crippen LogP contribution in [-0.2, 0) is 25.5 Å². The molecule has 0 aliphatic heterocycles. The van der Waals surface area contributed by atoms with Gasteiger partial charge < -0.3 is 15.4 Å². The Morgan fingerprint density at radius 3 is 2.43 bits per heavy atom. The topological polar surface area (TPSA) is 84.5 Å². The van der Waals surface area contributed by atoms with Crippen LogP contribution in [0.15, 0.2) is 30.3 Å². The monoisotopic (exact) mass is 318 g/mol. The smallest absolute Gasteiger partial charge is 0.325 e. The van der Waals surface area contributed by atoms with Crippen molar-refractivity contribution in [2.75, 3.05) is 13.2 Å². The van der Waals surface area contributed by atoms with Crippen molar-refractivity contribution in [3.8, 4) is 0 Å². The summed E-state index contributed by atoms with van der Waals surface area (Å²) in [6.07, 6.45) is 4.41. The number of ether oxygens (including phenoxy) is 1. The Bertz CT molecular complexity index is 539. The molecule has 0 spiro atoms. The zero-order valence-corrected chi connectivity index (χ0v) is 13.0.